The van der Waals surface area contributed by atoms with Crippen molar-refractivity contribution in [3.05, 3.63) is 0 Å². The molecule has 0 N–H and O–H groups in total. The van der Waals surface area contributed by atoms with Gasteiger partial charge in [-0.25, -0.2) is 0 Å². The molecule has 0 bridgehead atoms. The first-order chi connectivity index (χ1) is 11.2. The summed E-state index contributed by atoms with van der Waals surface area (Å²) in [5.74, 6) is 2.22. The molecule has 4 saturated carbocycles. The van der Waals surface area contributed by atoms with Gasteiger partial charge < -0.3 is 9.47 Å². The Bertz CT molecular complexity index is 495. The van der Waals surface area contributed by atoms with Gasteiger partial charge in [0.05, 0.1) is 24.4 Å². The van der Waals surface area contributed by atoms with Crippen molar-refractivity contribution in [2.75, 3.05) is 0 Å². The van der Waals surface area contributed by atoms with Crippen LogP contribution in [0.3, 0.4) is 0 Å². The zero-order valence-electron chi connectivity index (χ0n) is 13.7. The van der Waals surface area contributed by atoms with Crippen LogP contribution in [0.25, 0.3) is 0 Å². The van der Waals surface area contributed by atoms with Crippen LogP contribution in [-0.2, 0) is 14.3 Å². The van der Waals surface area contributed by atoms with Crippen LogP contribution in [0.4, 0.5) is 0 Å². The van der Waals surface area contributed by atoms with Gasteiger partial charge in [-0.1, -0.05) is 28.8 Å². The molecule has 5 aliphatic rings. The Balaban J connectivity index is 1.42. The number of ether oxygens (including phenoxy) is 2. The molecule has 0 amide bonds. The summed E-state index contributed by atoms with van der Waals surface area (Å²) in [6.07, 6.45) is 11.4. The van der Waals surface area contributed by atoms with Gasteiger partial charge in [-0.2, -0.15) is 0 Å². The number of carbonyl (C=O) groups excluding carboxylic acids is 1. The van der Waals surface area contributed by atoms with Crippen molar-refractivity contribution in [1.82, 2.24) is 0 Å². The van der Waals surface area contributed by atoms with Crippen LogP contribution in [0.5, 0.6) is 0 Å². The molecule has 0 aromatic rings. The molecular formula is C19H27BrO3. The van der Waals surface area contributed by atoms with E-state index in [1.807, 2.05) is 0 Å². The highest BCUT2D eigenvalue weighted by Crippen LogP contribution is 2.55. The molecule has 4 heteroatoms. The Labute approximate surface area is 147 Å². The molecule has 5 rings (SSSR count). The van der Waals surface area contributed by atoms with E-state index < -0.39 is 0 Å². The highest BCUT2D eigenvalue weighted by Gasteiger charge is 2.59. The van der Waals surface area contributed by atoms with E-state index in [-0.39, 0.29) is 30.3 Å². The molecule has 9 atom stereocenters. The fraction of sp³-hybridized carbons (Fsp3) is 0.947. The molecule has 1 heterocycles. The molecule has 0 aromatic heterocycles. The third-order valence-electron chi connectivity index (χ3n) is 7.37. The number of carbonyl (C=O) groups is 1. The minimum Gasteiger partial charge on any atom is -0.369 e. The van der Waals surface area contributed by atoms with Crippen molar-refractivity contribution in [2.45, 2.75) is 87.0 Å². The summed E-state index contributed by atoms with van der Waals surface area (Å²) in [5.41, 5.74) is 0. The third-order valence-corrected chi connectivity index (χ3v) is 8.35. The Morgan fingerprint density at radius 3 is 2.48 bits per heavy atom. The minimum absolute atomic E-state index is 0.185. The first-order valence-electron chi connectivity index (χ1n) is 9.73. The number of Topliss-reactive ketones (excluding diaryl/α,β-unsaturated/α-hetero) is 1. The van der Waals surface area contributed by atoms with Gasteiger partial charge in [0, 0.05) is 22.6 Å². The summed E-state index contributed by atoms with van der Waals surface area (Å²) in [6.45, 7) is 0. The van der Waals surface area contributed by atoms with Crippen LogP contribution in [0.15, 0.2) is 0 Å². The van der Waals surface area contributed by atoms with Gasteiger partial charge in [-0.05, 0) is 50.9 Å². The van der Waals surface area contributed by atoms with Crippen molar-refractivity contribution < 1.29 is 14.3 Å². The second kappa shape index (κ2) is 5.81. The standard InChI is InChI=1S/C19H27BrO3/c20-13-6-3-7-14-18(13)22-15-9-8-12-16(19(15)23-14)10-4-1-2-5-11(10)17(12)21/h10-16,18-19H,1-9H2. The lowest BCUT2D eigenvalue weighted by molar-refractivity contribution is -0.258. The summed E-state index contributed by atoms with van der Waals surface area (Å²) in [5, 5.41) is 0. The fourth-order valence-electron chi connectivity index (χ4n) is 6.42. The van der Waals surface area contributed by atoms with E-state index in [4.69, 9.17) is 9.47 Å². The normalized spacial score (nSPS) is 55.5. The van der Waals surface area contributed by atoms with E-state index in [0.717, 1.165) is 25.7 Å². The van der Waals surface area contributed by atoms with Crippen molar-refractivity contribution in [2.24, 2.45) is 23.7 Å². The summed E-state index contributed by atoms with van der Waals surface area (Å²) in [7, 11) is 0. The van der Waals surface area contributed by atoms with Crippen LogP contribution in [0, 0.1) is 23.7 Å². The molecule has 9 unspecified atom stereocenters. The molecule has 1 aliphatic heterocycles. The predicted octanol–water partition coefficient (Wildman–Crippen LogP) is 3.87. The number of halogens is 1. The molecule has 4 aliphatic carbocycles. The van der Waals surface area contributed by atoms with Gasteiger partial charge in [0.15, 0.2) is 0 Å². The molecule has 1 saturated heterocycles. The molecule has 0 radical (unpaired) electrons. The van der Waals surface area contributed by atoms with E-state index in [0.29, 0.717) is 28.4 Å². The Hall–Kier alpha value is 0.0700. The average Bonchev–Trinajstić information content (AvgIpc) is 2.87. The van der Waals surface area contributed by atoms with Gasteiger partial charge in [0.2, 0.25) is 0 Å². The second-order valence-electron chi connectivity index (χ2n) is 8.44. The van der Waals surface area contributed by atoms with Crippen LogP contribution in [0.1, 0.15) is 57.8 Å². The number of fused-ring (bicyclic) bond motifs is 6. The molecule has 0 aromatic carbocycles. The average molecular weight is 383 g/mol. The fourth-order valence-corrected chi connectivity index (χ4v) is 7.21. The van der Waals surface area contributed by atoms with Crippen LogP contribution in [-0.4, -0.2) is 35.0 Å². The lowest BCUT2D eigenvalue weighted by Gasteiger charge is -2.51. The van der Waals surface area contributed by atoms with Crippen LogP contribution >= 0.6 is 15.9 Å². The maximum atomic E-state index is 12.9. The van der Waals surface area contributed by atoms with E-state index in [1.54, 1.807) is 0 Å². The highest BCUT2D eigenvalue weighted by molar-refractivity contribution is 9.09. The second-order valence-corrected chi connectivity index (χ2v) is 9.62. The number of alkyl halides is 1. The Morgan fingerprint density at radius 2 is 1.57 bits per heavy atom. The first kappa shape index (κ1) is 15.3. The highest BCUT2D eigenvalue weighted by atomic mass is 79.9. The molecule has 0 spiro atoms. The van der Waals surface area contributed by atoms with Gasteiger partial charge in [0.1, 0.15) is 5.78 Å². The van der Waals surface area contributed by atoms with E-state index in [2.05, 4.69) is 15.9 Å². The van der Waals surface area contributed by atoms with Crippen LogP contribution < -0.4 is 0 Å². The van der Waals surface area contributed by atoms with Gasteiger partial charge in [0.25, 0.3) is 0 Å². The molecule has 128 valence electrons. The topological polar surface area (TPSA) is 35.5 Å². The molecule has 3 nitrogen and oxygen atoms in total. The zero-order chi connectivity index (χ0) is 15.6. The number of hydrogen-bond acceptors (Lipinski definition) is 3. The van der Waals surface area contributed by atoms with Crippen molar-refractivity contribution in [3.8, 4) is 0 Å². The van der Waals surface area contributed by atoms with Gasteiger partial charge in [-0.3, -0.25) is 4.79 Å². The third kappa shape index (κ3) is 2.31. The number of hydrogen-bond donors (Lipinski definition) is 0. The first-order valence-corrected chi connectivity index (χ1v) is 10.6. The van der Waals surface area contributed by atoms with Crippen molar-refractivity contribution in [1.29, 1.82) is 0 Å². The zero-order valence-corrected chi connectivity index (χ0v) is 15.2. The summed E-state index contributed by atoms with van der Waals surface area (Å²) < 4.78 is 13.2. The molecule has 5 fully saturated rings. The summed E-state index contributed by atoms with van der Waals surface area (Å²) >= 11 is 3.81. The molecular weight excluding hydrogens is 356 g/mol. The van der Waals surface area contributed by atoms with Crippen LogP contribution in [0.2, 0.25) is 0 Å². The number of ketones is 1. The molecule has 23 heavy (non-hydrogen) atoms. The smallest absolute Gasteiger partial charge is 0.139 e. The maximum absolute atomic E-state index is 12.9. The summed E-state index contributed by atoms with van der Waals surface area (Å²) in [4.78, 5) is 13.3. The Kier molecular flexibility index (Phi) is 3.87. The van der Waals surface area contributed by atoms with E-state index in [9.17, 15) is 4.79 Å². The quantitative estimate of drug-likeness (QED) is 0.596. The van der Waals surface area contributed by atoms with Gasteiger partial charge in [-0.15, -0.1) is 0 Å². The largest absolute Gasteiger partial charge is 0.369 e. The van der Waals surface area contributed by atoms with E-state index >= 15 is 0 Å². The van der Waals surface area contributed by atoms with Crippen molar-refractivity contribution >= 4 is 21.7 Å². The lowest BCUT2D eigenvalue weighted by atomic mass is 9.70. The van der Waals surface area contributed by atoms with E-state index in [1.165, 1.54) is 32.1 Å². The Morgan fingerprint density at radius 1 is 0.783 bits per heavy atom. The SMILES string of the molecule is O=C1C2CCCCC2C2C1CCC1OC3C(Br)CCCC3OC12. The predicted molar refractivity (Wildman–Crippen MR) is 90.6 cm³/mol. The van der Waals surface area contributed by atoms with Gasteiger partial charge >= 0.3 is 0 Å². The minimum atomic E-state index is 0.185. The number of rotatable bonds is 0. The maximum Gasteiger partial charge on any atom is 0.139 e. The lowest BCUT2D eigenvalue weighted by Crippen LogP contribution is -2.59. The monoisotopic (exact) mass is 382 g/mol. The van der Waals surface area contributed by atoms with Crippen molar-refractivity contribution in [3.63, 3.8) is 0 Å². The summed E-state index contributed by atoms with van der Waals surface area (Å²) in [6, 6.07) is 0.